The summed E-state index contributed by atoms with van der Waals surface area (Å²) in [4.78, 5) is 22.5. The molecule has 0 bridgehead atoms. The molecule has 2 heterocycles. The van der Waals surface area contributed by atoms with Crippen molar-refractivity contribution in [1.29, 1.82) is 5.26 Å². The summed E-state index contributed by atoms with van der Waals surface area (Å²) in [5.41, 5.74) is 1.32. The molecule has 1 amide bonds. The van der Waals surface area contributed by atoms with Crippen molar-refractivity contribution in [2.75, 3.05) is 39.1 Å². The van der Waals surface area contributed by atoms with Crippen molar-refractivity contribution in [2.24, 2.45) is 4.99 Å². The number of benzene rings is 1. The van der Waals surface area contributed by atoms with Crippen LogP contribution in [-0.4, -0.2) is 74.2 Å². The lowest BCUT2D eigenvalue weighted by atomic mass is 9.97. The Morgan fingerprint density at radius 1 is 1.41 bits per heavy atom. The Hall–Kier alpha value is -2.95. The molecular formula is C21H29N5O3. The van der Waals surface area contributed by atoms with Gasteiger partial charge in [-0.25, -0.2) is 9.79 Å². The Bertz CT molecular complexity index is 853. The summed E-state index contributed by atoms with van der Waals surface area (Å²) in [6.45, 7) is 6.66. The maximum Gasteiger partial charge on any atom is 0.410 e. The molecule has 156 valence electrons. The molecule has 1 saturated heterocycles. The van der Waals surface area contributed by atoms with E-state index in [1.54, 1.807) is 11.2 Å². The quantitative estimate of drug-likeness (QED) is 0.562. The van der Waals surface area contributed by atoms with Crippen LogP contribution in [0.15, 0.2) is 17.1 Å². The van der Waals surface area contributed by atoms with Gasteiger partial charge >= 0.3 is 6.09 Å². The largest absolute Gasteiger partial charge is 0.484 e. The van der Waals surface area contributed by atoms with Crippen molar-refractivity contribution >= 4 is 23.8 Å². The van der Waals surface area contributed by atoms with Gasteiger partial charge in [0.2, 0.25) is 0 Å². The van der Waals surface area contributed by atoms with Crippen LogP contribution < -0.4 is 9.64 Å². The average molecular weight is 399 g/mol. The van der Waals surface area contributed by atoms with Gasteiger partial charge < -0.3 is 24.2 Å². The minimum atomic E-state index is -0.527. The van der Waals surface area contributed by atoms with Crippen LogP contribution in [0, 0.1) is 11.3 Å². The van der Waals surface area contributed by atoms with E-state index in [-0.39, 0.29) is 18.2 Å². The molecule has 8 nitrogen and oxygen atoms in total. The Labute approximate surface area is 172 Å². The molecule has 2 aliphatic heterocycles. The fourth-order valence-corrected chi connectivity index (χ4v) is 3.59. The molecule has 2 atom stereocenters. The summed E-state index contributed by atoms with van der Waals surface area (Å²) >= 11 is 0. The summed E-state index contributed by atoms with van der Waals surface area (Å²) in [5.74, 6) is 0.565. The number of likely N-dealkylation sites (N-methyl/N-ethyl adjacent to an activating group) is 1. The number of nitrogens with zero attached hydrogens (tertiary/aromatic N) is 5. The lowest BCUT2D eigenvalue weighted by Gasteiger charge is -2.47. The predicted molar refractivity (Wildman–Crippen MR) is 112 cm³/mol. The zero-order valence-corrected chi connectivity index (χ0v) is 18.0. The first-order valence-corrected chi connectivity index (χ1v) is 9.76. The van der Waals surface area contributed by atoms with E-state index in [2.05, 4.69) is 16.0 Å². The number of ether oxygens (including phenoxy) is 2. The van der Waals surface area contributed by atoms with Crippen molar-refractivity contribution in [3.63, 3.8) is 0 Å². The third-order valence-corrected chi connectivity index (χ3v) is 4.97. The number of hydrogen-bond donors (Lipinski definition) is 0. The second-order valence-corrected chi connectivity index (χ2v) is 8.68. The van der Waals surface area contributed by atoms with Gasteiger partial charge in [-0.2, -0.15) is 5.26 Å². The van der Waals surface area contributed by atoms with Crippen LogP contribution in [-0.2, 0) is 4.74 Å². The van der Waals surface area contributed by atoms with E-state index in [0.29, 0.717) is 36.5 Å². The minimum absolute atomic E-state index is 0.00793. The van der Waals surface area contributed by atoms with Gasteiger partial charge in [-0.1, -0.05) is 0 Å². The SMILES string of the molecule is CN(C)/C=N/c1ccc2c(c1C#N)O[C@@H]1CCN(C(=O)OC(C)(C)C)C[C@@H]1N2C. The first kappa shape index (κ1) is 20.8. The van der Waals surface area contributed by atoms with Crippen LogP contribution in [0.2, 0.25) is 0 Å². The van der Waals surface area contributed by atoms with Gasteiger partial charge in [-0.3, -0.25) is 0 Å². The van der Waals surface area contributed by atoms with Crippen molar-refractivity contribution in [2.45, 2.75) is 44.9 Å². The van der Waals surface area contributed by atoms with Gasteiger partial charge in [0.25, 0.3) is 0 Å². The molecule has 0 unspecified atom stereocenters. The molecule has 1 aromatic carbocycles. The Balaban J connectivity index is 1.86. The minimum Gasteiger partial charge on any atom is -0.484 e. The summed E-state index contributed by atoms with van der Waals surface area (Å²) in [6.07, 6.45) is 1.92. The maximum absolute atomic E-state index is 12.5. The highest BCUT2D eigenvalue weighted by molar-refractivity contribution is 5.77. The highest BCUT2D eigenvalue weighted by Gasteiger charge is 2.41. The molecule has 0 spiro atoms. The molecule has 1 fully saturated rings. The van der Waals surface area contributed by atoms with Crippen molar-refractivity contribution in [1.82, 2.24) is 9.80 Å². The second-order valence-electron chi connectivity index (χ2n) is 8.68. The van der Waals surface area contributed by atoms with Gasteiger partial charge in [0, 0.05) is 40.7 Å². The highest BCUT2D eigenvalue weighted by atomic mass is 16.6. The van der Waals surface area contributed by atoms with Gasteiger partial charge in [0.15, 0.2) is 5.75 Å². The van der Waals surface area contributed by atoms with E-state index in [1.807, 2.05) is 58.9 Å². The fourth-order valence-electron chi connectivity index (χ4n) is 3.59. The van der Waals surface area contributed by atoms with Gasteiger partial charge in [0.05, 0.1) is 23.8 Å². The second kappa shape index (κ2) is 7.82. The molecule has 3 rings (SSSR count). The molecule has 1 aromatic rings. The van der Waals surface area contributed by atoms with Crippen LogP contribution in [0.1, 0.15) is 32.8 Å². The van der Waals surface area contributed by atoms with Crippen LogP contribution in [0.5, 0.6) is 5.75 Å². The van der Waals surface area contributed by atoms with E-state index in [4.69, 9.17) is 9.47 Å². The Morgan fingerprint density at radius 2 is 2.14 bits per heavy atom. The third kappa shape index (κ3) is 4.39. The normalized spacial score (nSPS) is 21.1. The number of likely N-dealkylation sites (tertiary alicyclic amines) is 1. The van der Waals surface area contributed by atoms with E-state index in [0.717, 1.165) is 5.69 Å². The Morgan fingerprint density at radius 3 is 2.76 bits per heavy atom. The number of carbonyl (C=O) groups is 1. The van der Waals surface area contributed by atoms with Crippen molar-refractivity contribution in [3.8, 4) is 11.8 Å². The number of amides is 1. The standard InChI is InChI=1S/C21H29N5O3/c1-21(2,3)29-20(27)26-10-9-18-17(12-26)25(6)16-8-7-15(23-13-24(4)5)14(11-22)19(16)28-18/h7-8,13,17-18H,9-10,12H2,1-6H3/b23-13+/t17-,18+/m0/s1. The number of rotatable bonds is 2. The third-order valence-electron chi connectivity index (χ3n) is 4.97. The van der Waals surface area contributed by atoms with E-state index in [9.17, 15) is 10.1 Å². The van der Waals surface area contributed by atoms with Crippen molar-refractivity contribution in [3.05, 3.63) is 17.7 Å². The molecule has 0 aromatic heterocycles. The molecule has 0 saturated carbocycles. The number of hydrogen-bond acceptors (Lipinski definition) is 6. The topological polar surface area (TPSA) is 81.4 Å². The first-order chi connectivity index (χ1) is 13.6. The number of aliphatic imine (C=N–C) groups is 1. The summed E-state index contributed by atoms with van der Waals surface area (Å²) < 4.78 is 11.8. The zero-order valence-electron chi connectivity index (χ0n) is 18.0. The average Bonchev–Trinajstić information content (AvgIpc) is 2.64. The lowest BCUT2D eigenvalue weighted by Crippen LogP contribution is -2.59. The molecule has 0 radical (unpaired) electrons. The fraction of sp³-hybridized carbons (Fsp3) is 0.571. The number of nitriles is 1. The zero-order chi connectivity index (χ0) is 21.3. The van der Waals surface area contributed by atoms with Gasteiger partial charge in [0.1, 0.15) is 23.3 Å². The number of piperidine rings is 1. The molecule has 2 aliphatic rings. The van der Waals surface area contributed by atoms with Crippen molar-refractivity contribution < 1.29 is 14.3 Å². The number of carbonyl (C=O) groups excluding carboxylic acids is 1. The van der Waals surface area contributed by atoms with Crippen LogP contribution >= 0.6 is 0 Å². The van der Waals surface area contributed by atoms with E-state index < -0.39 is 5.60 Å². The number of anilines is 1. The molecule has 0 N–H and O–H groups in total. The van der Waals surface area contributed by atoms with E-state index in [1.165, 1.54) is 0 Å². The summed E-state index contributed by atoms with van der Waals surface area (Å²) in [6, 6.07) is 5.98. The van der Waals surface area contributed by atoms with Gasteiger partial charge in [-0.15, -0.1) is 0 Å². The first-order valence-electron chi connectivity index (χ1n) is 9.76. The lowest BCUT2D eigenvalue weighted by molar-refractivity contribution is 0.00612. The van der Waals surface area contributed by atoms with E-state index >= 15 is 0 Å². The van der Waals surface area contributed by atoms with Crippen LogP contribution in [0.3, 0.4) is 0 Å². The van der Waals surface area contributed by atoms with Crippen LogP contribution in [0.4, 0.5) is 16.2 Å². The van der Waals surface area contributed by atoms with Gasteiger partial charge in [-0.05, 0) is 32.9 Å². The molecule has 8 heteroatoms. The monoisotopic (exact) mass is 399 g/mol. The molecule has 0 aliphatic carbocycles. The highest BCUT2D eigenvalue weighted by Crippen LogP contribution is 2.43. The molecule has 29 heavy (non-hydrogen) atoms. The van der Waals surface area contributed by atoms with Crippen LogP contribution in [0.25, 0.3) is 0 Å². The summed E-state index contributed by atoms with van der Waals surface area (Å²) in [5, 5.41) is 9.74. The predicted octanol–water partition coefficient (Wildman–Crippen LogP) is 2.99. The maximum atomic E-state index is 12.5. The Kier molecular flexibility index (Phi) is 5.60. The smallest absolute Gasteiger partial charge is 0.410 e. The summed E-state index contributed by atoms with van der Waals surface area (Å²) in [7, 11) is 5.73. The molecular weight excluding hydrogens is 370 g/mol. The number of fused-ring (bicyclic) bond motifs is 2.